The van der Waals surface area contributed by atoms with Crippen LogP contribution in [-0.4, -0.2) is 119 Å². The molecule has 1 aromatic carbocycles. The van der Waals surface area contributed by atoms with Gasteiger partial charge >= 0.3 is 0 Å². The van der Waals surface area contributed by atoms with Crippen LogP contribution in [0.2, 0.25) is 0 Å². The van der Waals surface area contributed by atoms with Gasteiger partial charge in [-0.15, -0.1) is 0 Å². The van der Waals surface area contributed by atoms with Gasteiger partial charge in [0, 0.05) is 90.1 Å². The van der Waals surface area contributed by atoms with Crippen molar-refractivity contribution in [3.05, 3.63) is 36.2 Å². The summed E-state index contributed by atoms with van der Waals surface area (Å²) >= 11 is 0. The summed E-state index contributed by atoms with van der Waals surface area (Å²) in [5.74, 6) is 2.06. The lowest BCUT2D eigenvalue weighted by Gasteiger charge is -2.36. The van der Waals surface area contributed by atoms with E-state index in [-0.39, 0.29) is 5.92 Å². The molecule has 3 aliphatic rings. The predicted molar refractivity (Wildman–Crippen MR) is 187 cm³/mol. The second kappa shape index (κ2) is 15.4. The highest BCUT2D eigenvalue weighted by Gasteiger charge is 2.31. The number of fused-ring (bicyclic) bond motifs is 1. The first-order valence-corrected chi connectivity index (χ1v) is 17.8. The molecule has 3 aromatic rings. The van der Waals surface area contributed by atoms with Crippen molar-refractivity contribution in [2.45, 2.75) is 66.0 Å². The van der Waals surface area contributed by atoms with Gasteiger partial charge in [-0.1, -0.05) is 31.9 Å². The van der Waals surface area contributed by atoms with E-state index in [1.54, 1.807) is 0 Å². The summed E-state index contributed by atoms with van der Waals surface area (Å²) < 4.78 is 2.20. The molecule has 0 spiro atoms. The third-order valence-corrected chi connectivity index (χ3v) is 10.3. The summed E-state index contributed by atoms with van der Waals surface area (Å²) in [6, 6.07) is 8.77. The smallest absolute Gasteiger partial charge is 0.227 e. The van der Waals surface area contributed by atoms with Crippen molar-refractivity contribution in [2.75, 3.05) is 93.7 Å². The zero-order valence-electron chi connectivity index (χ0n) is 28.3. The summed E-state index contributed by atoms with van der Waals surface area (Å²) in [6.07, 6.45) is 7.46. The van der Waals surface area contributed by atoms with Crippen LogP contribution in [-0.2, 0) is 17.9 Å². The van der Waals surface area contributed by atoms with Gasteiger partial charge in [-0.3, -0.25) is 4.79 Å². The van der Waals surface area contributed by atoms with Crippen molar-refractivity contribution in [2.24, 2.45) is 5.92 Å². The first-order chi connectivity index (χ1) is 22.6. The third-order valence-electron chi connectivity index (χ3n) is 10.3. The summed E-state index contributed by atoms with van der Waals surface area (Å²) in [5.41, 5.74) is 4.16. The highest BCUT2D eigenvalue weighted by atomic mass is 16.2. The fraction of sp³-hybridized carbons (Fsp3) is 0.657. The van der Waals surface area contributed by atoms with E-state index in [4.69, 9.17) is 15.0 Å². The topological polar surface area (TPSA) is 88.9 Å². The van der Waals surface area contributed by atoms with Gasteiger partial charge in [-0.2, -0.15) is 9.97 Å². The van der Waals surface area contributed by atoms with Crippen LogP contribution in [0.3, 0.4) is 0 Å². The summed E-state index contributed by atoms with van der Waals surface area (Å²) in [6.45, 7) is 19.9. The average Bonchev–Trinajstić information content (AvgIpc) is 3.79. The minimum Gasteiger partial charge on any atom is -0.372 e. The molecule has 4 heterocycles. The molecule has 250 valence electrons. The van der Waals surface area contributed by atoms with E-state index >= 15 is 0 Å². The Hall–Kier alpha value is -3.44. The van der Waals surface area contributed by atoms with E-state index in [1.807, 2.05) is 6.33 Å². The Morgan fingerprint density at radius 2 is 1.57 bits per heavy atom. The lowest BCUT2D eigenvalue weighted by atomic mass is 10.1. The Balaban J connectivity index is 1.16. The predicted octanol–water partition coefficient (Wildman–Crippen LogP) is 4.15. The normalized spacial score (nSPS) is 18.5. The van der Waals surface area contributed by atoms with Crippen molar-refractivity contribution in [1.82, 2.24) is 34.2 Å². The fourth-order valence-electron chi connectivity index (χ4n) is 7.35. The molecule has 0 atom stereocenters. The van der Waals surface area contributed by atoms with Crippen molar-refractivity contribution < 1.29 is 4.79 Å². The Bertz CT molecular complexity index is 1400. The Labute approximate surface area is 274 Å². The molecule has 1 aliphatic carbocycles. The van der Waals surface area contributed by atoms with Gasteiger partial charge in [-0.25, -0.2) is 4.98 Å². The number of rotatable bonds is 13. The second-order valence-corrected chi connectivity index (χ2v) is 13.1. The maximum Gasteiger partial charge on any atom is 0.227 e. The number of piperazine rings is 2. The third kappa shape index (κ3) is 7.57. The number of carbonyl (C=O) groups excluding carboxylic acids is 1. The van der Waals surface area contributed by atoms with E-state index in [2.05, 4.69) is 79.4 Å². The fourth-order valence-corrected chi connectivity index (χ4v) is 7.35. The van der Waals surface area contributed by atoms with Crippen LogP contribution in [0.25, 0.3) is 11.2 Å². The Kier molecular flexibility index (Phi) is 10.9. The molecule has 2 aromatic heterocycles. The number of likely N-dealkylation sites (N-methyl/N-ethyl adjacent to an activating group) is 1. The molecule has 11 heteroatoms. The van der Waals surface area contributed by atoms with Gasteiger partial charge in [-0.05, 0) is 63.9 Å². The van der Waals surface area contributed by atoms with Gasteiger partial charge in [0.15, 0.2) is 17.0 Å². The number of hydrogen-bond donors (Lipinski definition) is 1. The largest absolute Gasteiger partial charge is 0.372 e. The maximum absolute atomic E-state index is 13.1. The number of anilines is 3. The molecule has 2 aliphatic heterocycles. The molecule has 1 amide bonds. The van der Waals surface area contributed by atoms with Crippen LogP contribution in [0, 0.1) is 5.92 Å². The quantitative estimate of drug-likeness (QED) is 0.299. The van der Waals surface area contributed by atoms with Gasteiger partial charge in [0.1, 0.15) is 0 Å². The average molecular weight is 631 g/mol. The van der Waals surface area contributed by atoms with Crippen molar-refractivity contribution in [3.8, 4) is 0 Å². The molecule has 0 radical (unpaired) electrons. The molecule has 11 nitrogen and oxygen atoms in total. The zero-order chi connectivity index (χ0) is 31.9. The first kappa shape index (κ1) is 32.5. The molecule has 6 rings (SSSR count). The molecule has 3 fully saturated rings. The Morgan fingerprint density at radius 1 is 0.870 bits per heavy atom. The molecule has 1 N–H and O–H groups in total. The minimum absolute atomic E-state index is 0.223. The van der Waals surface area contributed by atoms with Gasteiger partial charge in [0.2, 0.25) is 11.9 Å². The van der Waals surface area contributed by atoms with Crippen LogP contribution >= 0.6 is 0 Å². The highest BCUT2D eigenvalue weighted by Crippen LogP contribution is 2.29. The zero-order valence-corrected chi connectivity index (χ0v) is 28.3. The summed E-state index contributed by atoms with van der Waals surface area (Å²) in [7, 11) is 0. The van der Waals surface area contributed by atoms with E-state index in [9.17, 15) is 4.79 Å². The van der Waals surface area contributed by atoms with E-state index < -0.39 is 0 Å². The standard InChI is InChI=1S/C35H54N10O/c1-4-40-18-20-41(21-19-40)16-9-17-45-27-37-31-32(43-22-24-44(25-23-43)34(46)29-10-7-8-11-29)38-35(39-33(31)45)36-26-28-12-14-30(15-13-28)42(5-2)6-3/h12-15,27,29H,4-11,16-26H2,1-3H3,(H,36,38,39). The van der Waals surface area contributed by atoms with Crippen LogP contribution in [0.4, 0.5) is 17.5 Å². The number of carbonyl (C=O) groups is 1. The molecule has 1 saturated carbocycles. The van der Waals surface area contributed by atoms with Gasteiger partial charge in [0.05, 0.1) is 6.33 Å². The number of aromatic nitrogens is 4. The number of nitrogens with zero attached hydrogens (tertiary/aromatic N) is 9. The summed E-state index contributed by atoms with van der Waals surface area (Å²) in [4.78, 5) is 39.9. The molecule has 0 bridgehead atoms. The number of hydrogen-bond acceptors (Lipinski definition) is 9. The van der Waals surface area contributed by atoms with Crippen LogP contribution < -0.4 is 15.1 Å². The first-order valence-electron chi connectivity index (χ1n) is 17.8. The molecule has 0 unspecified atom stereocenters. The number of amides is 1. The summed E-state index contributed by atoms with van der Waals surface area (Å²) in [5, 5.41) is 3.53. The van der Waals surface area contributed by atoms with Gasteiger partial charge < -0.3 is 34.4 Å². The monoisotopic (exact) mass is 630 g/mol. The van der Waals surface area contributed by atoms with E-state index in [0.717, 1.165) is 121 Å². The van der Waals surface area contributed by atoms with Gasteiger partial charge in [0.25, 0.3) is 0 Å². The van der Waals surface area contributed by atoms with Crippen molar-refractivity contribution >= 4 is 34.5 Å². The minimum atomic E-state index is 0.223. The molecule has 46 heavy (non-hydrogen) atoms. The van der Waals surface area contributed by atoms with Crippen LogP contribution in [0.5, 0.6) is 0 Å². The lowest BCUT2D eigenvalue weighted by Crippen LogP contribution is -2.50. The highest BCUT2D eigenvalue weighted by molar-refractivity contribution is 5.85. The molecule has 2 saturated heterocycles. The number of nitrogens with one attached hydrogen (secondary N) is 1. The second-order valence-electron chi connectivity index (χ2n) is 13.1. The number of imidazole rings is 1. The maximum atomic E-state index is 13.1. The number of aryl methyl sites for hydroxylation is 1. The molecular weight excluding hydrogens is 576 g/mol. The Morgan fingerprint density at radius 3 is 2.24 bits per heavy atom. The lowest BCUT2D eigenvalue weighted by molar-refractivity contribution is -0.135. The van der Waals surface area contributed by atoms with Crippen molar-refractivity contribution in [1.29, 1.82) is 0 Å². The van der Waals surface area contributed by atoms with Crippen LogP contribution in [0.1, 0.15) is 58.4 Å². The van der Waals surface area contributed by atoms with E-state index in [1.165, 1.54) is 24.1 Å². The SMILES string of the molecule is CCN1CCN(CCCn2cnc3c(N4CCN(C(=O)C5CCCC5)CC4)nc(NCc4ccc(N(CC)CC)cc4)nc32)CC1. The number of benzene rings is 1. The molecular formula is C35H54N10O. The van der Waals surface area contributed by atoms with Crippen LogP contribution in [0.15, 0.2) is 30.6 Å². The van der Waals surface area contributed by atoms with Crippen molar-refractivity contribution in [3.63, 3.8) is 0 Å². The van der Waals surface area contributed by atoms with E-state index in [0.29, 0.717) is 18.4 Å².